The van der Waals surface area contributed by atoms with Crippen molar-refractivity contribution in [1.29, 1.82) is 0 Å². The van der Waals surface area contributed by atoms with E-state index in [2.05, 4.69) is 22.8 Å². The van der Waals surface area contributed by atoms with E-state index in [0.29, 0.717) is 6.42 Å². The number of allylic oxidation sites excluding steroid dienone is 2. The summed E-state index contributed by atoms with van der Waals surface area (Å²) < 4.78 is 29.7. The number of nitrogens with one attached hydrogen (secondary N) is 2. The third-order valence-electron chi connectivity index (χ3n) is 12.0. The van der Waals surface area contributed by atoms with E-state index in [1.54, 1.807) is 28.1 Å². The lowest BCUT2D eigenvalue weighted by molar-refractivity contribution is -0.165. The lowest BCUT2D eigenvalue weighted by Gasteiger charge is -2.49. The molecule has 2 saturated heterocycles. The molecule has 47 heavy (non-hydrogen) atoms. The lowest BCUT2D eigenvalue weighted by Crippen LogP contribution is -2.63. The van der Waals surface area contributed by atoms with Gasteiger partial charge in [-0.25, -0.2) is 0 Å². The van der Waals surface area contributed by atoms with Gasteiger partial charge in [-0.3, -0.25) is 19.2 Å². The fourth-order valence-electron chi connectivity index (χ4n) is 11.1. The Morgan fingerprint density at radius 3 is 1.57 bits per heavy atom. The molecule has 2 aliphatic heterocycles. The number of amides is 2. The van der Waals surface area contributed by atoms with Gasteiger partial charge in [0.25, 0.3) is 11.8 Å². The van der Waals surface area contributed by atoms with Crippen molar-refractivity contribution in [2.24, 2.45) is 35.5 Å². The van der Waals surface area contributed by atoms with Crippen molar-refractivity contribution < 1.29 is 42.9 Å². The number of carbonyl (C=O) groups excluding carboxylic acids is 4. The molecule has 2 amide bonds. The van der Waals surface area contributed by atoms with Crippen LogP contribution in [0.4, 0.5) is 0 Å². The van der Waals surface area contributed by atoms with Crippen LogP contribution in [0.2, 0.25) is 0 Å². The topological polar surface area (TPSA) is 138 Å². The first-order chi connectivity index (χ1) is 22.8. The summed E-state index contributed by atoms with van der Waals surface area (Å²) in [7, 11) is 3.33. The molecule has 11 heteroatoms. The van der Waals surface area contributed by atoms with Gasteiger partial charge in [-0.15, -0.1) is 0 Å². The normalized spacial score (nSPS) is 35.7. The van der Waals surface area contributed by atoms with Crippen molar-refractivity contribution in [3.8, 4) is 11.5 Å². The van der Waals surface area contributed by atoms with E-state index in [4.69, 9.17) is 23.7 Å². The predicted molar refractivity (Wildman–Crippen MR) is 168 cm³/mol. The van der Waals surface area contributed by atoms with Crippen molar-refractivity contribution in [2.45, 2.75) is 49.7 Å². The molecule has 4 aliphatic carbocycles. The highest BCUT2D eigenvalue weighted by molar-refractivity contribution is 6.00. The van der Waals surface area contributed by atoms with Gasteiger partial charge in [0.1, 0.15) is 24.6 Å². The highest BCUT2D eigenvalue weighted by Gasteiger charge is 2.88. The van der Waals surface area contributed by atoms with Gasteiger partial charge in [0.2, 0.25) is 0 Å². The van der Waals surface area contributed by atoms with Crippen molar-refractivity contribution in [2.75, 3.05) is 40.5 Å². The molecule has 10 atom stereocenters. The molecule has 6 aliphatic rings. The molecule has 4 fully saturated rings. The third-order valence-corrected chi connectivity index (χ3v) is 12.0. The number of fused-ring (bicyclic) bond motifs is 20. The maximum Gasteiger partial charge on any atom is 0.325 e. The smallest absolute Gasteiger partial charge is 0.325 e. The Kier molecular flexibility index (Phi) is 6.88. The van der Waals surface area contributed by atoms with Crippen LogP contribution in [-0.2, 0) is 33.4 Å². The van der Waals surface area contributed by atoms with Gasteiger partial charge in [-0.2, -0.15) is 0 Å². The molecule has 2 aromatic carbocycles. The first kappa shape index (κ1) is 30.2. The van der Waals surface area contributed by atoms with Gasteiger partial charge < -0.3 is 34.3 Å². The van der Waals surface area contributed by atoms with Crippen LogP contribution in [0.25, 0.3) is 10.8 Å². The van der Waals surface area contributed by atoms with E-state index in [1.165, 1.54) is 0 Å². The zero-order valence-corrected chi connectivity index (χ0v) is 27.0. The molecule has 0 spiro atoms. The van der Waals surface area contributed by atoms with Crippen LogP contribution >= 0.6 is 0 Å². The van der Waals surface area contributed by atoms with E-state index in [1.807, 2.05) is 24.3 Å². The Morgan fingerprint density at radius 2 is 1.17 bits per heavy atom. The summed E-state index contributed by atoms with van der Waals surface area (Å²) >= 11 is 0. The molecule has 248 valence electrons. The number of ether oxygens (including phenoxy) is 5. The Bertz CT molecular complexity index is 1620. The van der Waals surface area contributed by atoms with Gasteiger partial charge in [-0.05, 0) is 50.4 Å². The van der Waals surface area contributed by atoms with Crippen LogP contribution in [0, 0.1) is 35.5 Å². The Morgan fingerprint density at radius 1 is 0.723 bits per heavy atom. The quantitative estimate of drug-likeness (QED) is 0.295. The molecule has 0 unspecified atom stereocenters. The van der Waals surface area contributed by atoms with Gasteiger partial charge in [0.15, 0.2) is 11.2 Å². The van der Waals surface area contributed by atoms with E-state index in [-0.39, 0.29) is 73.6 Å². The van der Waals surface area contributed by atoms with E-state index in [9.17, 15) is 19.2 Å². The Hall–Kier alpha value is -4.12. The van der Waals surface area contributed by atoms with Gasteiger partial charge in [0.05, 0.1) is 27.4 Å². The minimum Gasteiger partial charge on any atom is -0.496 e. The lowest BCUT2D eigenvalue weighted by atomic mass is 9.50. The summed E-state index contributed by atoms with van der Waals surface area (Å²) in [6.07, 6.45) is 5.83. The summed E-state index contributed by atoms with van der Waals surface area (Å²) in [5.41, 5.74) is -0.789. The number of rotatable bonds is 10. The average Bonchev–Trinajstić information content (AvgIpc) is 3.92. The minimum atomic E-state index is -1.39. The summed E-state index contributed by atoms with van der Waals surface area (Å²) in [6, 6.07) is 7.96. The van der Waals surface area contributed by atoms with Crippen molar-refractivity contribution in [3.05, 3.63) is 47.5 Å². The molecule has 8 rings (SSSR count). The Labute approximate surface area is 272 Å². The van der Waals surface area contributed by atoms with E-state index in [0.717, 1.165) is 39.8 Å². The second-order valence-corrected chi connectivity index (χ2v) is 13.6. The summed E-state index contributed by atoms with van der Waals surface area (Å²) in [5.74, 6) is -2.00. The first-order valence-electron chi connectivity index (χ1n) is 16.7. The number of hydrogen-bond acceptors (Lipinski definition) is 9. The van der Waals surface area contributed by atoms with Crippen LogP contribution in [0.15, 0.2) is 36.4 Å². The average molecular weight is 645 g/mol. The standard InChI is InChI=1S/C36H40N2O9/c1-5-45-23(39)15-37-33(41)35-27-17-11-12-18(13-17)28(27)36(47-35,34(42)38-16-24(40)46-6-2)30-22-14-21(29(30)35)25-26(22)32(44-4)20-10-8-7-9-19(20)31(25)43-3/h7-12,17-18,21-22,27-30H,5-6,13-16H2,1-4H3,(H,37,41)(H,38,42)/t17-,18+,21-,22+,27+,28-,29-,30+,35+,36-. The molecular weight excluding hydrogens is 604 g/mol. The summed E-state index contributed by atoms with van der Waals surface area (Å²) in [4.78, 5) is 54.4. The largest absolute Gasteiger partial charge is 0.496 e. The van der Waals surface area contributed by atoms with E-state index >= 15 is 0 Å². The van der Waals surface area contributed by atoms with Crippen molar-refractivity contribution in [3.63, 3.8) is 0 Å². The second-order valence-electron chi connectivity index (χ2n) is 13.6. The minimum absolute atomic E-state index is 0.0330. The highest BCUT2D eigenvalue weighted by Crippen LogP contribution is 2.82. The third kappa shape index (κ3) is 3.72. The predicted octanol–water partition coefficient (Wildman–Crippen LogP) is 2.99. The number of benzene rings is 2. The van der Waals surface area contributed by atoms with Crippen molar-refractivity contribution in [1.82, 2.24) is 10.6 Å². The monoisotopic (exact) mass is 644 g/mol. The molecular formula is C36H40N2O9. The second kappa shape index (κ2) is 10.7. The van der Waals surface area contributed by atoms with Gasteiger partial charge in [-0.1, -0.05) is 36.4 Å². The zero-order chi connectivity index (χ0) is 32.8. The summed E-state index contributed by atoms with van der Waals surface area (Å²) in [6.45, 7) is 3.22. The van der Waals surface area contributed by atoms with Crippen LogP contribution < -0.4 is 20.1 Å². The van der Waals surface area contributed by atoms with Gasteiger partial charge in [0, 0.05) is 45.6 Å². The molecule has 2 heterocycles. The molecule has 2 aromatic rings. The van der Waals surface area contributed by atoms with Crippen LogP contribution in [-0.4, -0.2) is 75.5 Å². The summed E-state index contributed by atoms with van der Waals surface area (Å²) in [5, 5.41) is 7.59. The molecule has 0 aromatic heterocycles. The SMILES string of the molecule is CCOC(=O)CNC(=O)[C@@]12O[C@@](C(=O)NCC(=O)OCC)([C@@H]3[C@H]1[C@@H]1C[C@H]3c3c1c(OC)c1ccccc1c3OC)[C@H]1[C@@H]2[C@@H]2C=C[C@H]1C2. The van der Waals surface area contributed by atoms with Gasteiger partial charge >= 0.3 is 11.9 Å². The van der Waals surface area contributed by atoms with Crippen LogP contribution in [0.3, 0.4) is 0 Å². The molecule has 2 saturated carbocycles. The highest BCUT2D eigenvalue weighted by atomic mass is 16.6. The first-order valence-corrected chi connectivity index (χ1v) is 16.7. The van der Waals surface area contributed by atoms with E-state index < -0.39 is 35.0 Å². The molecule has 6 bridgehead atoms. The van der Waals surface area contributed by atoms with Crippen molar-refractivity contribution >= 4 is 34.5 Å². The van der Waals surface area contributed by atoms with Crippen LogP contribution in [0.1, 0.15) is 49.7 Å². The molecule has 11 nitrogen and oxygen atoms in total. The van der Waals surface area contributed by atoms with Crippen LogP contribution in [0.5, 0.6) is 11.5 Å². The maximum atomic E-state index is 14.8. The molecule has 0 radical (unpaired) electrons. The fraction of sp³-hybridized carbons (Fsp3) is 0.556. The number of hydrogen-bond donors (Lipinski definition) is 2. The zero-order valence-electron chi connectivity index (χ0n) is 27.0. The maximum absolute atomic E-state index is 14.8. The molecule has 2 N–H and O–H groups in total. The number of carbonyl (C=O) groups is 4. The Balaban J connectivity index is 1.32. The fourth-order valence-corrected chi connectivity index (χ4v) is 11.1. The number of esters is 2. The number of methoxy groups -OCH3 is 2.